The number of aryl methyl sites for hydroxylation is 2. The first-order valence-electron chi connectivity index (χ1n) is 11.6. The minimum Gasteiger partial charge on any atom is -0.320 e. The minimum absolute atomic E-state index is 0.870. The molecule has 0 aliphatic heterocycles. The van der Waals surface area contributed by atoms with Crippen molar-refractivity contribution in [3.63, 3.8) is 0 Å². The lowest BCUT2D eigenvalue weighted by Gasteiger charge is -2.09. The van der Waals surface area contributed by atoms with E-state index in [1.165, 1.54) is 10.8 Å². The van der Waals surface area contributed by atoms with Gasteiger partial charge in [-0.25, -0.2) is 15.0 Å². The van der Waals surface area contributed by atoms with Crippen LogP contribution < -0.4 is 0 Å². The summed E-state index contributed by atoms with van der Waals surface area (Å²) >= 11 is 0. The summed E-state index contributed by atoms with van der Waals surface area (Å²) < 4.78 is 6.41. The summed E-state index contributed by atoms with van der Waals surface area (Å²) in [5.74, 6) is 2.68. The average Bonchev–Trinajstić information content (AvgIpc) is 3.55. The van der Waals surface area contributed by atoms with Gasteiger partial charge in [-0.15, -0.1) is 0 Å². The summed E-state index contributed by atoms with van der Waals surface area (Å²) in [4.78, 5) is 14.0. The maximum Gasteiger partial charge on any atom is 0.214 e. The van der Waals surface area contributed by atoms with Crippen LogP contribution in [0.25, 0.3) is 55.7 Å². The number of rotatable bonds is 3. The molecule has 0 fully saturated rings. The predicted molar refractivity (Wildman–Crippen MR) is 140 cm³/mol. The number of nitrogens with zero attached hydrogens (tertiary/aromatic N) is 6. The van der Waals surface area contributed by atoms with Crippen molar-refractivity contribution in [1.82, 2.24) is 28.7 Å². The fraction of sp³-hybridized carbons (Fsp3) is 0.0690. The first kappa shape index (κ1) is 19.7. The van der Waals surface area contributed by atoms with E-state index in [4.69, 9.17) is 4.98 Å². The molecule has 0 saturated carbocycles. The number of benzene rings is 3. The molecular formula is C29H22N6. The number of aromatic nitrogens is 6. The van der Waals surface area contributed by atoms with Crippen LogP contribution in [-0.2, 0) is 7.05 Å². The van der Waals surface area contributed by atoms with E-state index >= 15 is 0 Å². The SMILES string of the molecule is Cc1nc2ccc(-c3ccc4c5ccccc5n(-c5nccn5C)c4c3)cc2n1-c1ccccn1. The van der Waals surface area contributed by atoms with Crippen molar-refractivity contribution < 1.29 is 0 Å². The molecule has 4 heterocycles. The van der Waals surface area contributed by atoms with Crippen molar-refractivity contribution >= 4 is 32.8 Å². The highest BCUT2D eigenvalue weighted by Crippen LogP contribution is 2.35. The van der Waals surface area contributed by atoms with E-state index in [1.807, 2.05) is 50.8 Å². The Balaban J connectivity index is 1.48. The normalized spacial score (nSPS) is 11.7. The minimum atomic E-state index is 0.870. The molecule has 0 spiro atoms. The maximum absolute atomic E-state index is 4.77. The van der Waals surface area contributed by atoms with E-state index in [-0.39, 0.29) is 0 Å². The van der Waals surface area contributed by atoms with Crippen LogP contribution in [0.1, 0.15) is 5.82 Å². The van der Waals surface area contributed by atoms with Gasteiger partial charge in [0.2, 0.25) is 5.95 Å². The smallest absolute Gasteiger partial charge is 0.214 e. The van der Waals surface area contributed by atoms with Gasteiger partial charge in [-0.3, -0.25) is 9.13 Å². The van der Waals surface area contributed by atoms with E-state index in [2.05, 4.69) is 84.3 Å². The van der Waals surface area contributed by atoms with Gasteiger partial charge in [0.1, 0.15) is 11.6 Å². The van der Waals surface area contributed by atoms with Gasteiger partial charge in [0, 0.05) is 36.4 Å². The Hall–Kier alpha value is -4.71. The molecule has 0 aliphatic rings. The van der Waals surface area contributed by atoms with Gasteiger partial charge in [0.25, 0.3) is 0 Å². The first-order valence-corrected chi connectivity index (χ1v) is 11.6. The lowest BCUT2D eigenvalue weighted by Crippen LogP contribution is -2.02. The fourth-order valence-electron chi connectivity index (χ4n) is 5.09. The number of hydrogen-bond donors (Lipinski definition) is 0. The quantitative estimate of drug-likeness (QED) is 0.318. The topological polar surface area (TPSA) is 53.5 Å². The van der Waals surface area contributed by atoms with Crippen molar-refractivity contribution in [2.45, 2.75) is 6.92 Å². The van der Waals surface area contributed by atoms with Gasteiger partial charge in [-0.05, 0) is 54.4 Å². The highest BCUT2D eigenvalue weighted by molar-refractivity contribution is 6.10. The molecule has 0 amide bonds. The van der Waals surface area contributed by atoms with Crippen LogP contribution in [0.4, 0.5) is 0 Å². The maximum atomic E-state index is 4.77. The van der Waals surface area contributed by atoms with Crippen molar-refractivity contribution in [1.29, 1.82) is 0 Å². The molecule has 7 rings (SSSR count). The van der Waals surface area contributed by atoms with Crippen LogP contribution >= 0.6 is 0 Å². The predicted octanol–water partition coefficient (Wildman–Crippen LogP) is 6.23. The number of fused-ring (bicyclic) bond motifs is 4. The van der Waals surface area contributed by atoms with Gasteiger partial charge in [-0.1, -0.05) is 42.5 Å². The molecule has 6 nitrogen and oxygen atoms in total. The second-order valence-electron chi connectivity index (χ2n) is 8.81. The van der Waals surface area contributed by atoms with E-state index in [0.29, 0.717) is 0 Å². The number of imidazole rings is 2. The van der Waals surface area contributed by atoms with E-state index in [1.54, 1.807) is 0 Å². The highest BCUT2D eigenvalue weighted by atomic mass is 15.2. The molecule has 0 atom stereocenters. The zero-order valence-corrected chi connectivity index (χ0v) is 19.4. The van der Waals surface area contributed by atoms with E-state index in [0.717, 1.165) is 50.8 Å². The third-order valence-corrected chi connectivity index (χ3v) is 6.70. The molecule has 3 aromatic carbocycles. The van der Waals surface area contributed by atoms with Crippen LogP contribution in [0.2, 0.25) is 0 Å². The molecule has 0 unspecified atom stereocenters. The van der Waals surface area contributed by atoms with Crippen molar-refractivity contribution in [3.8, 4) is 22.9 Å². The molecule has 168 valence electrons. The molecule has 0 radical (unpaired) electrons. The molecule has 0 N–H and O–H groups in total. The standard InChI is InChI=1S/C29H22N6/c1-19-32-24-13-11-21(18-27(24)34(19)28-9-5-6-14-30-28)20-10-12-23-22-7-3-4-8-25(22)35(26(23)17-20)29-31-15-16-33(29)2/h3-18H,1-2H3. The molecule has 7 aromatic rings. The van der Waals surface area contributed by atoms with Gasteiger partial charge in [0.15, 0.2) is 0 Å². The van der Waals surface area contributed by atoms with Gasteiger partial charge in [-0.2, -0.15) is 0 Å². The summed E-state index contributed by atoms with van der Waals surface area (Å²) in [5.41, 5.74) is 6.56. The highest BCUT2D eigenvalue weighted by Gasteiger charge is 2.16. The Morgan fingerprint density at radius 2 is 1.43 bits per heavy atom. The van der Waals surface area contributed by atoms with E-state index < -0.39 is 0 Å². The second-order valence-corrected chi connectivity index (χ2v) is 8.81. The van der Waals surface area contributed by atoms with Gasteiger partial charge < -0.3 is 4.57 Å². The number of hydrogen-bond acceptors (Lipinski definition) is 3. The molecule has 0 aliphatic carbocycles. The molecule has 0 bridgehead atoms. The van der Waals surface area contributed by atoms with Crippen LogP contribution in [0.3, 0.4) is 0 Å². The van der Waals surface area contributed by atoms with Crippen molar-refractivity contribution in [2.75, 3.05) is 0 Å². The third-order valence-electron chi connectivity index (χ3n) is 6.70. The van der Waals surface area contributed by atoms with Crippen molar-refractivity contribution in [3.05, 3.63) is 103 Å². The lowest BCUT2D eigenvalue weighted by molar-refractivity contribution is 0.846. The zero-order valence-electron chi connectivity index (χ0n) is 19.4. The second kappa shape index (κ2) is 7.40. The fourth-order valence-corrected chi connectivity index (χ4v) is 5.09. The summed E-state index contributed by atoms with van der Waals surface area (Å²) in [6.07, 6.45) is 5.64. The summed E-state index contributed by atoms with van der Waals surface area (Å²) in [7, 11) is 2.03. The molecule has 35 heavy (non-hydrogen) atoms. The molecule has 4 aromatic heterocycles. The summed E-state index contributed by atoms with van der Waals surface area (Å²) in [5, 5.41) is 2.43. The van der Waals surface area contributed by atoms with Crippen LogP contribution in [0, 0.1) is 6.92 Å². The zero-order chi connectivity index (χ0) is 23.5. The summed E-state index contributed by atoms with van der Waals surface area (Å²) in [6.45, 7) is 2.02. The Bertz CT molecular complexity index is 1870. The average molecular weight is 455 g/mol. The molecular weight excluding hydrogens is 432 g/mol. The lowest BCUT2D eigenvalue weighted by atomic mass is 10.0. The Morgan fingerprint density at radius 3 is 2.23 bits per heavy atom. The van der Waals surface area contributed by atoms with Crippen LogP contribution in [0.15, 0.2) is 97.5 Å². The number of para-hydroxylation sites is 1. The Morgan fingerprint density at radius 1 is 0.657 bits per heavy atom. The monoisotopic (exact) mass is 454 g/mol. The number of pyridine rings is 1. The third kappa shape index (κ3) is 2.93. The van der Waals surface area contributed by atoms with E-state index in [9.17, 15) is 0 Å². The van der Waals surface area contributed by atoms with Crippen LogP contribution in [0.5, 0.6) is 0 Å². The molecule has 0 saturated heterocycles. The largest absolute Gasteiger partial charge is 0.320 e. The van der Waals surface area contributed by atoms with Gasteiger partial charge >= 0.3 is 0 Å². The van der Waals surface area contributed by atoms with Gasteiger partial charge in [0.05, 0.1) is 22.1 Å². The summed E-state index contributed by atoms with van der Waals surface area (Å²) in [6, 6.07) is 27.6. The first-order chi connectivity index (χ1) is 17.2. The Kier molecular flexibility index (Phi) is 4.17. The van der Waals surface area contributed by atoms with Crippen LogP contribution in [-0.4, -0.2) is 28.7 Å². The van der Waals surface area contributed by atoms with Crippen molar-refractivity contribution in [2.24, 2.45) is 7.05 Å². The molecule has 6 heteroatoms. The Labute approximate surface area is 201 Å².